The normalized spacial score (nSPS) is 20.9. The quantitative estimate of drug-likeness (QED) is 0.665. The number of aromatic nitrogens is 1. The Labute approximate surface area is 179 Å². The highest BCUT2D eigenvalue weighted by Crippen LogP contribution is 2.42. The number of rotatable bonds is 6. The molecule has 0 spiro atoms. The van der Waals surface area contributed by atoms with Crippen molar-refractivity contribution in [3.05, 3.63) is 53.9 Å². The molecular weight excluding hydrogens is 433 g/mol. The fourth-order valence-electron chi connectivity index (χ4n) is 3.77. The van der Waals surface area contributed by atoms with Crippen molar-refractivity contribution in [2.24, 2.45) is 0 Å². The number of alkyl halides is 3. The van der Waals surface area contributed by atoms with Gasteiger partial charge in [0.2, 0.25) is 0 Å². The molecule has 1 aromatic heterocycles. The van der Waals surface area contributed by atoms with Gasteiger partial charge in [-0.3, -0.25) is 9.78 Å². The maximum Gasteiger partial charge on any atom is 0.315 e. The number of halogens is 3. The fraction of sp³-hybridized carbons (Fsp3) is 0.429. The molecule has 0 radical (unpaired) electrons. The molecule has 31 heavy (non-hydrogen) atoms. The van der Waals surface area contributed by atoms with Crippen LogP contribution in [0.25, 0.3) is 11.1 Å². The Morgan fingerprint density at radius 2 is 1.77 bits per heavy atom. The third-order valence-electron chi connectivity index (χ3n) is 5.07. The zero-order valence-corrected chi connectivity index (χ0v) is 18.1. The molecule has 6 nitrogen and oxygen atoms in total. The minimum absolute atomic E-state index is 0.153. The molecule has 10 heteroatoms. The minimum atomic E-state index is -3.25. The van der Waals surface area contributed by atoms with E-state index >= 15 is 0 Å². The number of pyridine rings is 1. The summed E-state index contributed by atoms with van der Waals surface area (Å²) in [5.41, 5.74) is 1.11. The minimum Gasteiger partial charge on any atom is -0.346 e. The Kier molecular flexibility index (Phi) is 6.43. The predicted molar refractivity (Wildman–Crippen MR) is 109 cm³/mol. The number of carbonyl (C=O) groups excluding carboxylic acids is 1. The Balaban J connectivity index is 1.83. The van der Waals surface area contributed by atoms with Crippen molar-refractivity contribution in [2.45, 2.75) is 43.9 Å². The monoisotopic (exact) mass is 456 g/mol. The molecule has 0 saturated carbocycles. The van der Waals surface area contributed by atoms with Crippen molar-refractivity contribution in [2.75, 3.05) is 12.9 Å². The van der Waals surface area contributed by atoms with Gasteiger partial charge in [0.1, 0.15) is 18.5 Å². The topological polar surface area (TPSA) is 76.6 Å². The summed E-state index contributed by atoms with van der Waals surface area (Å²) in [5.74, 6) is -1.62. The van der Waals surface area contributed by atoms with E-state index in [0.29, 0.717) is 11.3 Å². The van der Waals surface area contributed by atoms with Gasteiger partial charge in [0.15, 0.2) is 9.84 Å². The number of hydrogen-bond donors (Lipinski definition) is 0. The van der Waals surface area contributed by atoms with Gasteiger partial charge in [-0.2, -0.15) is 8.78 Å². The summed E-state index contributed by atoms with van der Waals surface area (Å²) in [6.45, 7) is 1.88. The van der Waals surface area contributed by atoms with Crippen molar-refractivity contribution >= 4 is 15.7 Å². The van der Waals surface area contributed by atoms with Crippen molar-refractivity contribution < 1.29 is 31.1 Å². The van der Waals surface area contributed by atoms with E-state index in [9.17, 15) is 26.4 Å². The first-order valence-corrected chi connectivity index (χ1v) is 11.6. The molecule has 1 fully saturated rings. The van der Waals surface area contributed by atoms with E-state index in [1.54, 1.807) is 42.6 Å². The maximum absolute atomic E-state index is 13.8. The van der Waals surface area contributed by atoms with Crippen LogP contribution < -0.4 is 0 Å². The van der Waals surface area contributed by atoms with Crippen LogP contribution in [0.4, 0.5) is 13.2 Å². The number of benzene rings is 1. The smallest absolute Gasteiger partial charge is 0.315 e. The van der Waals surface area contributed by atoms with E-state index in [0.717, 1.165) is 22.3 Å². The van der Waals surface area contributed by atoms with E-state index in [2.05, 4.69) is 4.98 Å². The lowest BCUT2D eigenvalue weighted by Gasteiger charge is -2.32. The van der Waals surface area contributed by atoms with Gasteiger partial charge in [0.05, 0.1) is 17.5 Å². The first kappa shape index (κ1) is 23.2. The zero-order chi connectivity index (χ0) is 23.0. The molecule has 1 aliphatic rings. The van der Waals surface area contributed by atoms with Crippen molar-refractivity contribution in [1.82, 2.24) is 9.88 Å². The first-order chi connectivity index (χ1) is 14.4. The van der Waals surface area contributed by atoms with Crippen LogP contribution in [-0.2, 0) is 25.1 Å². The summed E-state index contributed by atoms with van der Waals surface area (Å²) in [6, 6.07) is 9.04. The average Bonchev–Trinajstić information content (AvgIpc) is 2.97. The van der Waals surface area contributed by atoms with Gasteiger partial charge in [-0.1, -0.05) is 30.3 Å². The molecule has 1 saturated heterocycles. The summed E-state index contributed by atoms with van der Waals surface area (Å²) in [4.78, 5) is 16.9. The van der Waals surface area contributed by atoms with Gasteiger partial charge < -0.3 is 9.64 Å². The van der Waals surface area contributed by atoms with Crippen LogP contribution in [0.5, 0.6) is 0 Å². The van der Waals surface area contributed by atoms with Crippen LogP contribution >= 0.6 is 0 Å². The highest BCUT2D eigenvalue weighted by Gasteiger charge is 2.52. The molecule has 1 amide bonds. The van der Waals surface area contributed by atoms with Crippen LogP contribution in [0.3, 0.4) is 0 Å². The molecule has 0 bridgehead atoms. The second-order valence-corrected chi connectivity index (χ2v) is 10.1. The highest BCUT2D eigenvalue weighted by molar-refractivity contribution is 7.89. The molecule has 1 aromatic carbocycles. The van der Waals surface area contributed by atoms with Crippen LogP contribution in [0.15, 0.2) is 42.6 Å². The number of ether oxygens (including phenoxy) is 1. The summed E-state index contributed by atoms with van der Waals surface area (Å²) in [5, 5.41) is 0. The van der Waals surface area contributed by atoms with Crippen LogP contribution in [-0.4, -0.2) is 55.3 Å². The maximum atomic E-state index is 13.8. The Morgan fingerprint density at radius 3 is 2.26 bits per heavy atom. The van der Waals surface area contributed by atoms with Crippen molar-refractivity contribution in [1.29, 1.82) is 0 Å². The van der Waals surface area contributed by atoms with Gasteiger partial charge in [-0.15, -0.1) is 0 Å². The third kappa shape index (κ3) is 5.07. The number of sulfone groups is 1. The number of hydrogen-bond acceptors (Lipinski definition) is 5. The number of carbonyl (C=O) groups is 1. The van der Waals surface area contributed by atoms with E-state index < -0.39 is 46.7 Å². The van der Waals surface area contributed by atoms with Gasteiger partial charge in [-0.25, -0.2) is 12.8 Å². The third-order valence-corrected chi connectivity index (χ3v) is 5.89. The van der Waals surface area contributed by atoms with Gasteiger partial charge >= 0.3 is 6.43 Å². The predicted octanol–water partition coefficient (Wildman–Crippen LogP) is 3.53. The van der Waals surface area contributed by atoms with Gasteiger partial charge in [0.25, 0.3) is 5.91 Å². The molecular formula is C21H23F3N2O4S. The van der Waals surface area contributed by atoms with E-state index in [1.807, 2.05) is 0 Å². The second-order valence-electron chi connectivity index (χ2n) is 7.95. The second kappa shape index (κ2) is 8.58. The molecule has 0 N–H and O–H groups in total. The Bertz CT molecular complexity index is 1040. The lowest BCUT2D eigenvalue weighted by molar-refractivity contribution is -0.159. The van der Waals surface area contributed by atoms with Crippen LogP contribution in [0.1, 0.15) is 31.2 Å². The molecule has 3 rings (SSSR count). The Hall–Kier alpha value is -2.46. The standard InChI is InChI=1S/C21H23F3N2O4S/c1-21(2)26(20(27)19(23)24)17(10-22)18(30-21)14-6-4-13(5-7-14)15-8-9-16(25-11-15)12-31(3,28)29/h4-9,11,17-19H,10,12H2,1-3H3. The van der Waals surface area contributed by atoms with Gasteiger partial charge in [0, 0.05) is 18.0 Å². The van der Waals surface area contributed by atoms with Gasteiger partial charge in [-0.05, 0) is 31.0 Å². The zero-order valence-electron chi connectivity index (χ0n) is 17.3. The molecule has 2 heterocycles. The highest BCUT2D eigenvalue weighted by atomic mass is 32.2. The van der Waals surface area contributed by atoms with Crippen LogP contribution in [0, 0.1) is 0 Å². The summed E-state index contributed by atoms with van der Waals surface area (Å²) < 4.78 is 68.3. The van der Waals surface area contributed by atoms with E-state index in [-0.39, 0.29) is 5.75 Å². The molecule has 2 aromatic rings. The fourth-order valence-corrected chi connectivity index (χ4v) is 4.48. The lowest BCUT2D eigenvalue weighted by Crippen LogP contribution is -2.51. The first-order valence-electron chi connectivity index (χ1n) is 9.51. The SMILES string of the molecule is CC1(C)OC(c2ccc(-c3ccc(CS(C)(=O)=O)nc3)cc2)C(CF)N1C(=O)C(F)F. The average molecular weight is 456 g/mol. The molecule has 0 aliphatic carbocycles. The number of amides is 1. The summed E-state index contributed by atoms with van der Waals surface area (Å²) >= 11 is 0. The van der Waals surface area contributed by atoms with Crippen LogP contribution in [0.2, 0.25) is 0 Å². The Morgan fingerprint density at radius 1 is 1.16 bits per heavy atom. The lowest BCUT2D eigenvalue weighted by atomic mass is 9.99. The van der Waals surface area contributed by atoms with E-state index in [4.69, 9.17) is 4.74 Å². The summed E-state index contributed by atoms with van der Waals surface area (Å²) in [6.07, 6.45) is -1.46. The molecule has 2 unspecified atom stereocenters. The largest absolute Gasteiger partial charge is 0.346 e. The molecule has 168 valence electrons. The molecule has 2 atom stereocenters. The number of nitrogens with zero attached hydrogens (tertiary/aromatic N) is 2. The van der Waals surface area contributed by atoms with Crippen molar-refractivity contribution in [3.8, 4) is 11.1 Å². The summed E-state index contributed by atoms with van der Waals surface area (Å²) in [7, 11) is -3.19. The van der Waals surface area contributed by atoms with Crippen molar-refractivity contribution in [3.63, 3.8) is 0 Å². The van der Waals surface area contributed by atoms with E-state index in [1.165, 1.54) is 13.8 Å². The molecule has 1 aliphatic heterocycles.